The molecule has 2 aliphatic rings. The fourth-order valence-corrected chi connectivity index (χ4v) is 3.20. The summed E-state index contributed by atoms with van der Waals surface area (Å²) >= 11 is 0. The molecule has 2 atom stereocenters. The summed E-state index contributed by atoms with van der Waals surface area (Å²) in [5, 5.41) is 3.55. The molecule has 3 N–H and O–H groups in total. The van der Waals surface area contributed by atoms with Crippen molar-refractivity contribution in [3.8, 4) is 0 Å². The zero-order valence-corrected chi connectivity index (χ0v) is 11.2. The van der Waals surface area contributed by atoms with Gasteiger partial charge in [0.1, 0.15) is 0 Å². The summed E-state index contributed by atoms with van der Waals surface area (Å²) in [5.74, 6) is 0. The minimum absolute atomic E-state index is 0.110. The first kappa shape index (κ1) is 12.2. The van der Waals surface area contributed by atoms with Crippen molar-refractivity contribution < 1.29 is 0 Å². The summed E-state index contributed by atoms with van der Waals surface area (Å²) < 4.78 is 0. The van der Waals surface area contributed by atoms with Crippen LogP contribution in [0.3, 0.4) is 0 Å². The molecule has 0 bridgehead atoms. The monoisotopic (exact) mass is 245 g/mol. The molecule has 1 aromatic rings. The molecule has 1 fully saturated rings. The van der Waals surface area contributed by atoms with E-state index in [4.69, 9.17) is 5.73 Å². The second kappa shape index (κ2) is 5.00. The fourth-order valence-electron chi connectivity index (χ4n) is 3.20. The fraction of sp³-hybridized carbons (Fsp3) is 0.600. The Kier molecular flexibility index (Phi) is 3.37. The normalized spacial score (nSPS) is 26.0. The summed E-state index contributed by atoms with van der Waals surface area (Å²) in [5.41, 5.74) is 10.8. The maximum atomic E-state index is 6.44. The van der Waals surface area contributed by atoms with Gasteiger partial charge in [0, 0.05) is 31.7 Å². The van der Waals surface area contributed by atoms with Gasteiger partial charge in [-0.1, -0.05) is 18.2 Å². The van der Waals surface area contributed by atoms with Gasteiger partial charge in [0.25, 0.3) is 0 Å². The Bertz CT molecular complexity index is 430. The molecule has 3 nitrogen and oxygen atoms in total. The van der Waals surface area contributed by atoms with Gasteiger partial charge in [-0.05, 0) is 43.0 Å². The molecule has 0 aromatic heterocycles. The lowest BCUT2D eigenvalue weighted by molar-refractivity contribution is 0.220. The van der Waals surface area contributed by atoms with Gasteiger partial charge in [-0.25, -0.2) is 0 Å². The van der Waals surface area contributed by atoms with Crippen LogP contribution < -0.4 is 11.1 Å². The third-order valence-corrected chi connectivity index (χ3v) is 4.35. The van der Waals surface area contributed by atoms with Crippen LogP contribution in [-0.4, -0.2) is 37.6 Å². The van der Waals surface area contributed by atoms with Crippen molar-refractivity contribution in [2.75, 3.05) is 26.7 Å². The molecule has 1 heterocycles. The second-order valence-corrected chi connectivity index (χ2v) is 5.73. The van der Waals surface area contributed by atoms with Crippen molar-refractivity contribution in [3.63, 3.8) is 0 Å². The molecular formula is C15H23N3. The van der Waals surface area contributed by atoms with E-state index >= 15 is 0 Å². The van der Waals surface area contributed by atoms with Crippen molar-refractivity contribution in [2.45, 2.75) is 31.3 Å². The number of nitrogens with zero attached hydrogens (tertiary/aromatic N) is 1. The minimum atomic E-state index is 0.110. The topological polar surface area (TPSA) is 41.3 Å². The highest BCUT2D eigenvalue weighted by Crippen LogP contribution is 2.26. The van der Waals surface area contributed by atoms with Crippen LogP contribution >= 0.6 is 0 Å². The van der Waals surface area contributed by atoms with E-state index in [0.29, 0.717) is 6.04 Å². The Morgan fingerprint density at radius 3 is 3.00 bits per heavy atom. The van der Waals surface area contributed by atoms with E-state index in [0.717, 1.165) is 19.6 Å². The van der Waals surface area contributed by atoms with E-state index in [9.17, 15) is 0 Å². The molecule has 1 aliphatic carbocycles. The van der Waals surface area contributed by atoms with Crippen LogP contribution in [0.1, 0.15) is 29.2 Å². The summed E-state index contributed by atoms with van der Waals surface area (Å²) in [6.45, 7) is 3.20. The van der Waals surface area contributed by atoms with E-state index in [1.807, 2.05) is 0 Å². The van der Waals surface area contributed by atoms with Crippen molar-refractivity contribution >= 4 is 0 Å². The smallest absolute Gasteiger partial charge is 0.0463 e. The SMILES string of the molecule is CN1CCNC(C(N)c2ccc3c(c2)CCC3)C1. The average Bonchev–Trinajstić information content (AvgIpc) is 2.85. The predicted octanol–water partition coefficient (Wildman–Crippen LogP) is 1.08. The Morgan fingerprint density at radius 1 is 1.33 bits per heavy atom. The van der Waals surface area contributed by atoms with E-state index in [1.54, 1.807) is 0 Å². The number of rotatable bonds is 2. The molecular weight excluding hydrogens is 222 g/mol. The third-order valence-electron chi connectivity index (χ3n) is 4.35. The first-order chi connectivity index (χ1) is 8.74. The third kappa shape index (κ3) is 2.30. The van der Waals surface area contributed by atoms with Crippen LogP contribution in [-0.2, 0) is 12.8 Å². The Hall–Kier alpha value is -0.900. The highest BCUT2D eigenvalue weighted by Gasteiger charge is 2.24. The van der Waals surface area contributed by atoms with E-state index in [1.165, 1.54) is 36.0 Å². The summed E-state index contributed by atoms with van der Waals surface area (Å²) in [7, 11) is 2.17. The molecule has 0 radical (unpaired) electrons. The molecule has 3 rings (SSSR count). The lowest BCUT2D eigenvalue weighted by Gasteiger charge is -2.34. The number of hydrogen-bond acceptors (Lipinski definition) is 3. The van der Waals surface area contributed by atoms with Gasteiger partial charge >= 0.3 is 0 Å². The number of nitrogens with two attached hydrogens (primary N) is 1. The average molecular weight is 245 g/mol. The van der Waals surface area contributed by atoms with Gasteiger partial charge in [-0.2, -0.15) is 0 Å². The maximum absolute atomic E-state index is 6.44. The highest BCUT2D eigenvalue weighted by atomic mass is 15.2. The van der Waals surface area contributed by atoms with Crippen LogP contribution in [0, 0.1) is 0 Å². The van der Waals surface area contributed by atoms with Gasteiger partial charge in [-0.15, -0.1) is 0 Å². The first-order valence-electron chi connectivity index (χ1n) is 7.03. The lowest BCUT2D eigenvalue weighted by atomic mass is 9.95. The molecule has 0 saturated carbocycles. The van der Waals surface area contributed by atoms with Crippen molar-refractivity contribution in [3.05, 3.63) is 34.9 Å². The highest BCUT2D eigenvalue weighted by molar-refractivity contribution is 5.37. The predicted molar refractivity (Wildman–Crippen MR) is 74.7 cm³/mol. The molecule has 0 amide bonds. The van der Waals surface area contributed by atoms with Crippen LogP contribution in [0.4, 0.5) is 0 Å². The van der Waals surface area contributed by atoms with Gasteiger partial charge in [0.2, 0.25) is 0 Å². The van der Waals surface area contributed by atoms with E-state index in [2.05, 4.69) is 35.5 Å². The Balaban J connectivity index is 1.77. The second-order valence-electron chi connectivity index (χ2n) is 5.73. The van der Waals surface area contributed by atoms with Crippen LogP contribution in [0.15, 0.2) is 18.2 Å². The molecule has 98 valence electrons. The van der Waals surface area contributed by atoms with Crippen LogP contribution in [0.2, 0.25) is 0 Å². The summed E-state index contributed by atoms with van der Waals surface area (Å²) in [6.07, 6.45) is 3.78. The Morgan fingerprint density at radius 2 is 2.17 bits per heavy atom. The number of hydrogen-bond donors (Lipinski definition) is 2. The molecule has 2 unspecified atom stereocenters. The molecule has 3 heteroatoms. The van der Waals surface area contributed by atoms with Gasteiger partial charge < -0.3 is 16.0 Å². The summed E-state index contributed by atoms with van der Waals surface area (Å²) in [4.78, 5) is 2.36. The standard InChI is InChI=1S/C15H23N3/c1-18-8-7-17-14(10-18)15(16)13-6-5-11-3-2-4-12(11)9-13/h5-6,9,14-15,17H,2-4,7-8,10,16H2,1H3. The number of aryl methyl sites for hydroxylation is 2. The number of fused-ring (bicyclic) bond motifs is 1. The van der Waals surface area contributed by atoms with Gasteiger partial charge in [0.05, 0.1) is 0 Å². The van der Waals surface area contributed by atoms with E-state index in [-0.39, 0.29) is 6.04 Å². The quantitative estimate of drug-likeness (QED) is 0.819. The van der Waals surface area contributed by atoms with E-state index < -0.39 is 0 Å². The molecule has 18 heavy (non-hydrogen) atoms. The first-order valence-corrected chi connectivity index (χ1v) is 7.03. The van der Waals surface area contributed by atoms with Gasteiger partial charge in [0.15, 0.2) is 0 Å². The van der Waals surface area contributed by atoms with Crippen molar-refractivity contribution in [1.29, 1.82) is 0 Å². The number of likely N-dealkylation sites (N-methyl/N-ethyl adjacent to an activating group) is 1. The van der Waals surface area contributed by atoms with Crippen molar-refractivity contribution in [1.82, 2.24) is 10.2 Å². The number of piperazine rings is 1. The lowest BCUT2D eigenvalue weighted by Crippen LogP contribution is -2.53. The maximum Gasteiger partial charge on any atom is 0.0463 e. The van der Waals surface area contributed by atoms with Crippen LogP contribution in [0.5, 0.6) is 0 Å². The number of nitrogens with one attached hydrogen (secondary N) is 1. The number of benzene rings is 1. The zero-order chi connectivity index (χ0) is 12.5. The zero-order valence-electron chi connectivity index (χ0n) is 11.2. The molecule has 1 saturated heterocycles. The molecule has 1 aliphatic heterocycles. The molecule has 1 aromatic carbocycles. The van der Waals surface area contributed by atoms with Crippen LogP contribution in [0.25, 0.3) is 0 Å². The largest absolute Gasteiger partial charge is 0.323 e. The minimum Gasteiger partial charge on any atom is -0.323 e. The summed E-state index contributed by atoms with van der Waals surface area (Å²) in [6, 6.07) is 7.33. The van der Waals surface area contributed by atoms with Gasteiger partial charge in [-0.3, -0.25) is 0 Å². The Labute approximate surface area is 109 Å². The molecule has 0 spiro atoms. The van der Waals surface area contributed by atoms with Crippen molar-refractivity contribution in [2.24, 2.45) is 5.73 Å².